The standard InChI is InChI=1S/C23H24FN3O5S/c1-13(2)27-33(30,31)19-9-7-18(8-10-19)26-22(28)15(4)32-23(29)20-11-16-5-6-17(24)12-21(16)25-14(20)3/h5-13,15,27H,1-4H3,(H,26,28). The van der Waals surface area contributed by atoms with Gasteiger partial charge in [0.1, 0.15) is 5.82 Å². The Morgan fingerprint density at radius 1 is 1.03 bits per heavy atom. The summed E-state index contributed by atoms with van der Waals surface area (Å²) >= 11 is 0. The van der Waals surface area contributed by atoms with Gasteiger partial charge in [0.15, 0.2) is 6.10 Å². The van der Waals surface area contributed by atoms with Crippen molar-refractivity contribution in [1.29, 1.82) is 0 Å². The third kappa shape index (κ3) is 5.91. The molecule has 2 aromatic carbocycles. The maximum Gasteiger partial charge on any atom is 0.340 e. The average Bonchev–Trinajstić information content (AvgIpc) is 2.72. The van der Waals surface area contributed by atoms with Crippen molar-refractivity contribution < 1.29 is 27.1 Å². The largest absolute Gasteiger partial charge is 0.449 e. The second kappa shape index (κ2) is 9.63. The normalized spacial score (nSPS) is 12.5. The number of carbonyl (C=O) groups excluding carboxylic acids is 2. The molecule has 174 valence electrons. The summed E-state index contributed by atoms with van der Waals surface area (Å²) in [6, 6.07) is 10.9. The maximum atomic E-state index is 13.4. The molecule has 0 aliphatic heterocycles. The first-order chi connectivity index (χ1) is 15.5. The zero-order chi connectivity index (χ0) is 24.3. The number of rotatable bonds is 7. The fourth-order valence-corrected chi connectivity index (χ4v) is 4.31. The molecular weight excluding hydrogens is 449 g/mol. The van der Waals surface area contributed by atoms with E-state index in [-0.39, 0.29) is 16.5 Å². The Labute approximate surface area is 191 Å². The maximum absolute atomic E-state index is 13.4. The number of hydrogen-bond acceptors (Lipinski definition) is 6. The molecule has 2 N–H and O–H groups in total. The number of amides is 1. The van der Waals surface area contributed by atoms with Gasteiger partial charge in [-0.3, -0.25) is 9.78 Å². The van der Waals surface area contributed by atoms with Crippen molar-refractivity contribution in [2.45, 2.75) is 44.7 Å². The third-order valence-corrected chi connectivity index (χ3v) is 6.34. The molecule has 0 bridgehead atoms. The van der Waals surface area contributed by atoms with Gasteiger partial charge in [-0.05, 0) is 70.2 Å². The van der Waals surface area contributed by atoms with Gasteiger partial charge in [0.2, 0.25) is 10.0 Å². The fraction of sp³-hybridized carbons (Fsp3) is 0.261. The molecule has 1 unspecified atom stereocenters. The highest BCUT2D eigenvalue weighted by molar-refractivity contribution is 7.89. The molecule has 0 spiro atoms. The highest BCUT2D eigenvalue weighted by Crippen LogP contribution is 2.19. The van der Waals surface area contributed by atoms with Crippen molar-refractivity contribution in [3.8, 4) is 0 Å². The van der Waals surface area contributed by atoms with Crippen LogP contribution in [0.3, 0.4) is 0 Å². The van der Waals surface area contributed by atoms with E-state index in [0.717, 1.165) is 0 Å². The van der Waals surface area contributed by atoms with E-state index in [9.17, 15) is 22.4 Å². The molecule has 0 aliphatic rings. The molecule has 0 radical (unpaired) electrons. The van der Waals surface area contributed by atoms with Gasteiger partial charge in [-0.2, -0.15) is 0 Å². The Balaban J connectivity index is 1.67. The van der Waals surface area contributed by atoms with Gasteiger partial charge in [0, 0.05) is 23.2 Å². The summed E-state index contributed by atoms with van der Waals surface area (Å²) in [5.41, 5.74) is 1.26. The number of nitrogens with one attached hydrogen (secondary N) is 2. The lowest BCUT2D eigenvalue weighted by molar-refractivity contribution is -0.123. The Kier molecular flexibility index (Phi) is 7.09. The topological polar surface area (TPSA) is 114 Å². The van der Waals surface area contributed by atoms with Crippen LogP contribution in [0.2, 0.25) is 0 Å². The van der Waals surface area contributed by atoms with E-state index in [2.05, 4.69) is 15.0 Å². The number of halogens is 1. The Hall–Kier alpha value is -3.37. The van der Waals surface area contributed by atoms with Crippen LogP contribution < -0.4 is 10.0 Å². The quantitative estimate of drug-likeness (QED) is 0.507. The second-order valence-corrected chi connectivity index (χ2v) is 9.51. The van der Waals surface area contributed by atoms with E-state index in [4.69, 9.17) is 4.74 Å². The number of pyridine rings is 1. The number of sulfonamides is 1. The van der Waals surface area contributed by atoms with Gasteiger partial charge >= 0.3 is 5.97 Å². The number of fused-ring (bicyclic) bond motifs is 1. The number of ether oxygens (including phenoxy) is 1. The van der Waals surface area contributed by atoms with Crippen molar-refractivity contribution in [2.24, 2.45) is 0 Å². The zero-order valence-electron chi connectivity index (χ0n) is 18.5. The number of aromatic nitrogens is 1. The molecule has 0 saturated heterocycles. The first-order valence-electron chi connectivity index (χ1n) is 10.2. The minimum absolute atomic E-state index is 0.0628. The van der Waals surface area contributed by atoms with Crippen LogP contribution in [0.4, 0.5) is 10.1 Å². The lowest BCUT2D eigenvalue weighted by atomic mass is 10.1. The number of nitrogens with zero attached hydrogens (tertiary/aromatic N) is 1. The molecule has 3 rings (SSSR count). The van der Waals surface area contributed by atoms with Gasteiger partial charge < -0.3 is 10.1 Å². The molecular formula is C23H24FN3O5S. The Morgan fingerprint density at radius 3 is 2.33 bits per heavy atom. The predicted octanol–water partition coefficient (Wildman–Crippen LogP) is 3.55. The van der Waals surface area contributed by atoms with Crippen LogP contribution in [-0.2, 0) is 19.6 Å². The molecule has 1 atom stereocenters. The number of benzene rings is 2. The van der Waals surface area contributed by atoms with Gasteiger partial charge in [-0.1, -0.05) is 0 Å². The van der Waals surface area contributed by atoms with Crippen LogP contribution in [-0.4, -0.2) is 37.4 Å². The number of hydrogen-bond donors (Lipinski definition) is 2. The van der Waals surface area contributed by atoms with E-state index in [1.807, 2.05) is 0 Å². The highest BCUT2D eigenvalue weighted by Gasteiger charge is 2.22. The van der Waals surface area contributed by atoms with Crippen LogP contribution in [0.5, 0.6) is 0 Å². The number of aryl methyl sites for hydroxylation is 1. The first-order valence-corrected chi connectivity index (χ1v) is 11.7. The zero-order valence-corrected chi connectivity index (χ0v) is 19.4. The third-order valence-electron chi connectivity index (χ3n) is 4.67. The first kappa shape index (κ1) is 24.3. The highest BCUT2D eigenvalue weighted by atomic mass is 32.2. The lowest BCUT2D eigenvalue weighted by Gasteiger charge is -2.15. The molecule has 10 heteroatoms. The molecule has 0 saturated carbocycles. The molecule has 8 nitrogen and oxygen atoms in total. The van der Waals surface area contributed by atoms with Gasteiger partial charge in [-0.25, -0.2) is 22.3 Å². The Morgan fingerprint density at radius 2 is 1.70 bits per heavy atom. The monoisotopic (exact) mass is 473 g/mol. The second-order valence-electron chi connectivity index (χ2n) is 7.80. The smallest absolute Gasteiger partial charge is 0.340 e. The van der Waals surface area contributed by atoms with E-state index in [1.165, 1.54) is 55.5 Å². The van der Waals surface area contributed by atoms with Crippen LogP contribution in [0, 0.1) is 12.7 Å². The van der Waals surface area contributed by atoms with Crippen molar-refractivity contribution >= 4 is 38.5 Å². The van der Waals surface area contributed by atoms with Crippen molar-refractivity contribution in [3.05, 3.63) is 65.6 Å². The van der Waals surface area contributed by atoms with Crippen LogP contribution in [0.1, 0.15) is 36.8 Å². The van der Waals surface area contributed by atoms with E-state index in [0.29, 0.717) is 22.3 Å². The molecule has 0 aliphatic carbocycles. The van der Waals surface area contributed by atoms with Crippen LogP contribution >= 0.6 is 0 Å². The summed E-state index contributed by atoms with van der Waals surface area (Å²) in [7, 11) is -3.65. The SMILES string of the molecule is Cc1nc2cc(F)ccc2cc1C(=O)OC(C)C(=O)Nc1ccc(S(=O)(=O)NC(C)C)cc1. The summed E-state index contributed by atoms with van der Waals surface area (Å²) < 4.78 is 45.5. The molecule has 3 aromatic rings. The molecule has 1 aromatic heterocycles. The van der Waals surface area contributed by atoms with Crippen LogP contribution in [0.25, 0.3) is 10.9 Å². The predicted molar refractivity (Wildman–Crippen MR) is 122 cm³/mol. The summed E-state index contributed by atoms with van der Waals surface area (Å²) in [6.45, 7) is 6.43. The fourth-order valence-electron chi connectivity index (χ4n) is 3.06. The summed E-state index contributed by atoms with van der Waals surface area (Å²) in [5.74, 6) is -1.76. The van der Waals surface area contributed by atoms with Gasteiger partial charge in [-0.15, -0.1) is 0 Å². The summed E-state index contributed by atoms with van der Waals surface area (Å²) in [5, 5.41) is 3.14. The number of anilines is 1. The average molecular weight is 474 g/mol. The van der Waals surface area contributed by atoms with Gasteiger partial charge in [0.05, 0.1) is 21.7 Å². The minimum atomic E-state index is -3.65. The summed E-state index contributed by atoms with van der Waals surface area (Å²) in [6.07, 6.45) is -1.13. The molecule has 1 amide bonds. The van der Waals surface area contributed by atoms with E-state index >= 15 is 0 Å². The van der Waals surface area contributed by atoms with Crippen molar-refractivity contribution in [3.63, 3.8) is 0 Å². The minimum Gasteiger partial charge on any atom is -0.449 e. The van der Waals surface area contributed by atoms with Crippen molar-refractivity contribution in [2.75, 3.05) is 5.32 Å². The number of carbonyl (C=O) groups is 2. The molecule has 0 fully saturated rings. The molecule has 33 heavy (non-hydrogen) atoms. The van der Waals surface area contributed by atoms with Crippen molar-refractivity contribution in [1.82, 2.24) is 9.71 Å². The lowest BCUT2D eigenvalue weighted by Crippen LogP contribution is -2.31. The van der Waals surface area contributed by atoms with E-state index < -0.39 is 33.8 Å². The number of esters is 1. The Bertz CT molecular complexity index is 1310. The van der Waals surface area contributed by atoms with Crippen LogP contribution in [0.15, 0.2) is 53.4 Å². The van der Waals surface area contributed by atoms with E-state index in [1.54, 1.807) is 20.8 Å². The van der Waals surface area contributed by atoms with Gasteiger partial charge in [0.25, 0.3) is 5.91 Å². The molecule has 1 heterocycles. The summed E-state index contributed by atoms with van der Waals surface area (Å²) in [4.78, 5) is 29.4.